The van der Waals surface area contributed by atoms with Crippen LogP contribution in [0.2, 0.25) is 0 Å². The second-order valence-electron chi connectivity index (χ2n) is 4.25. The van der Waals surface area contributed by atoms with Crippen molar-refractivity contribution in [2.45, 2.75) is 25.3 Å². The van der Waals surface area contributed by atoms with Gasteiger partial charge in [0.25, 0.3) is 0 Å². The van der Waals surface area contributed by atoms with Crippen LogP contribution in [0, 0.1) is 0 Å². The van der Waals surface area contributed by atoms with Crippen molar-refractivity contribution in [3.63, 3.8) is 0 Å². The van der Waals surface area contributed by atoms with Crippen LogP contribution in [0.3, 0.4) is 0 Å². The van der Waals surface area contributed by atoms with E-state index >= 15 is 0 Å². The highest BCUT2D eigenvalue weighted by Crippen LogP contribution is 2.20. The van der Waals surface area contributed by atoms with Gasteiger partial charge in [-0.25, -0.2) is 0 Å². The molecule has 0 spiro atoms. The summed E-state index contributed by atoms with van der Waals surface area (Å²) in [5.74, 6) is 1.56. The van der Waals surface area contributed by atoms with Crippen LogP contribution in [-0.4, -0.2) is 42.2 Å². The first-order valence-electron chi connectivity index (χ1n) is 5.46. The van der Waals surface area contributed by atoms with Crippen molar-refractivity contribution >= 4 is 0 Å². The maximum absolute atomic E-state index is 5.24. The molecule has 0 aromatic carbocycles. The molecule has 1 atom stereocenters. The molecule has 1 saturated heterocycles. The second kappa shape index (κ2) is 4.72. The quantitative estimate of drug-likeness (QED) is 0.788. The smallest absolute Gasteiger partial charge is 0.243 e. The summed E-state index contributed by atoms with van der Waals surface area (Å²) >= 11 is 0. The number of rotatable bonds is 4. The molecular formula is C10H18N4O. The third kappa shape index (κ3) is 2.76. The zero-order valence-electron chi connectivity index (χ0n) is 9.36. The van der Waals surface area contributed by atoms with Gasteiger partial charge in [0.1, 0.15) is 0 Å². The Morgan fingerprint density at radius 2 is 2.40 bits per heavy atom. The fraction of sp³-hybridized carbons (Fsp3) is 0.800. The molecule has 1 aliphatic rings. The van der Waals surface area contributed by atoms with E-state index in [-0.39, 0.29) is 6.04 Å². The molecule has 1 fully saturated rings. The number of nitrogens with one attached hydrogen (secondary N) is 1. The average molecular weight is 210 g/mol. The number of likely N-dealkylation sites (N-methyl/N-ethyl adjacent to an activating group) is 1. The van der Waals surface area contributed by atoms with Gasteiger partial charge in [-0.1, -0.05) is 5.16 Å². The lowest BCUT2D eigenvalue weighted by Crippen LogP contribution is -2.16. The van der Waals surface area contributed by atoms with Crippen LogP contribution >= 0.6 is 0 Å². The van der Waals surface area contributed by atoms with Crippen molar-refractivity contribution in [1.29, 1.82) is 0 Å². The Kier molecular flexibility index (Phi) is 3.33. The van der Waals surface area contributed by atoms with Crippen LogP contribution in [0.15, 0.2) is 4.52 Å². The molecule has 15 heavy (non-hydrogen) atoms. The predicted octanol–water partition coefficient (Wildman–Crippen LogP) is 0.598. The highest BCUT2D eigenvalue weighted by molar-refractivity contribution is 4.95. The Labute approximate surface area is 89.8 Å². The Morgan fingerprint density at radius 3 is 3.07 bits per heavy atom. The summed E-state index contributed by atoms with van der Waals surface area (Å²) in [4.78, 5) is 6.51. The van der Waals surface area contributed by atoms with Gasteiger partial charge >= 0.3 is 0 Å². The molecule has 1 aromatic rings. The third-order valence-corrected chi connectivity index (χ3v) is 2.62. The number of aromatic nitrogens is 2. The molecule has 5 nitrogen and oxygen atoms in total. The lowest BCUT2D eigenvalue weighted by Gasteiger charge is -2.05. The molecule has 84 valence electrons. The van der Waals surface area contributed by atoms with Gasteiger partial charge in [0.05, 0.1) is 6.04 Å². The normalized spacial score (nSPS) is 21.4. The Hall–Kier alpha value is -0.940. The summed E-state index contributed by atoms with van der Waals surface area (Å²) in [6.45, 7) is 2.01. The molecular weight excluding hydrogens is 192 g/mol. The molecule has 5 heteroatoms. The maximum Gasteiger partial charge on any atom is 0.243 e. The lowest BCUT2D eigenvalue weighted by atomic mass is 10.2. The van der Waals surface area contributed by atoms with Crippen molar-refractivity contribution < 1.29 is 4.52 Å². The van der Waals surface area contributed by atoms with Gasteiger partial charge in [-0.3, -0.25) is 0 Å². The van der Waals surface area contributed by atoms with E-state index in [9.17, 15) is 0 Å². The molecule has 0 amide bonds. The van der Waals surface area contributed by atoms with Crippen LogP contribution in [0.5, 0.6) is 0 Å². The summed E-state index contributed by atoms with van der Waals surface area (Å²) in [7, 11) is 4.08. The Morgan fingerprint density at radius 1 is 1.53 bits per heavy atom. The summed E-state index contributed by atoms with van der Waals surface area (Å²) in [5, 5.41) is 7.32. The fourth-order valence-electron chi connectivity index (χ4n) is 1.73. The van der Waals surface area contributed by atoms with E-state index in [1.165, 1.54) is 6.42 Å². The number of nitrogens with zero attached hydrogens (tertiary/aromatic N) is 3. The average Bonchev–Trinajstić information content (AvgIpc) is 2.85. The molecule has 0 saturated carbocycles. The first-order chi connectivity index (χ1) is 7.25. The standard InChI is InChI=1S/C10H18N4O/c1-14(2)7-5-9-12-10(15-13-9)8-4-3-6-11-8/h8,11H,3-7H2,1-2H3/t8-/m1/s1. The minimum Gasteiger partial charge on any atom is -0.338 e. The van der Waals surface area contributed by atoms with E-state index in [0.29, 0.717) is 0 Å². The molecule has 0 radical (unpaired) electrons. The van der Waals surface area contributed by atoms with Crippen molar-refractivity contribution in [3.05, 3.63) is 11.7 Å². The summed E-state index contributed by atoms with van der Waals surface area (Å²) < 4.78 is 5.24. The zero-order valence-corrected chi connectivity index (χ0v) is 9.36. The maximum atomic E-state index is 5.24. The lowest BCUT2D eigenvalue weighted by molar-refractivity contribution is 0.338. The van der Waals surface area contributed by atoms with E-state index in [1.54, 1.807) is 0 Å². The largest absolute Gasteiger partial charge is 0.338 e. The highest BCUT2D eigenvalue weighted by atomic mass is 16.5. The van der Waals surface area contributed by atoms with Crippen LogP contribution < -0.4 is 5.32 Å². The summed E-state index contributed by atoms with van der Waals surface area (Å²) in [5.41, 5.74) is 0. The van der Waals surface area contributed by atoms with Crippen LogP contribution in [0.1, 0.15) is 30.6 Å². The Balaban J connectivity index is 1.91. The molecule has 0 unspecified atom stereocenters. The van der Waals surface area contributed by atoms with Gasteiger partial charge in [0, 0.05) is 13.0 Å². The van der Waals surface area contributed by atoms with E-state index in [0.717, 1.165) is 37.6 Å². The van der Waals surface area contributed by atoms with Crippen LogP contribution in [0.25, 0.3) is 0 Å². The Bertz CT molecular complexity index is 304. The molecule has 0 aliphatic carbocycles. The molecule has 1 N–H and O–H groups in total. The minimum absolute atomic E-state index is 0.283. The van der Waals surface area contributed by atoms with E-state index in [2.05, 4.69) is 20.4 Å². The molecule has 1 aliphatic heterocycles. The monoisotopic (exact) mass is 210 g/mol. The van der Waals surface area contributed by atoms with Gasteiger partial charge in [0.15, 0.2) is 5.82 Å². The predicted molar refractivity (Wildman–Crippen MR) is 56.5 cm³/mol. The molecule has 0 bridgehead atoms. The topological polar surface area (TPSA) is 54.2 Å². The number of hydrogen-bond donors (Lipinski definition) is 1. The number of hydrogen-bond acceptors (Lipinski definition) is 5. The van der Waals surface area contributed by atoms with Crippen LogP contribution in [-0.2, 0) is 6.42 Å². The van der Waals surface area contributed by atoms with E-state index in [4.69, 9.17) is 4.52 Å². The molecule has 1 aromatic heterocycles. The van der Waals surface area contributed by atoms with Gasteiger partial charge in [-0.2, -0.15) is 4.98 Å². The first kappa shape index (κ1) is 10.6. The van der Waals surface area contributed by atoms with Crippen molar-refractivity contribution in [1.82, 2.24) is 20.4 Å². The summed E-state index contributed by atoms with van der Waals surface area (Å²) in [6, 6.07) is 0.283. The highest BCUT2D eigenvalue weighted by Gasteiger charge is 2.22. The van der Waals surface area contributed by atoms with Crippen molar-refractivity contribution in [3.8, 4) is 0 Å². The fourth-order valence-corrected chi connectivity index (χ4v) is 1.73. The van der Waals surface area contributed by atoms with Crippen LogP contribution in [0.4, 0.5) is 0 Å². The zero-order chi connectivity index (χ0) is 10.7. The van der Waals surface area contributed by atoms with E-state index in [1.807, 2.05) is 14.1 Å². The third-order valence-electron chi connectivity index (χ3n) is 2.62. The van der Waals surface area contributed by atoms with Gasteiger partial charge in [-0.05, 0) is 33.5 Å². The SMILES string of the molecule is CN(C)CCc1noc([C@H]2CCCN2)n1. The van der Waals surface area contributed by atoms with E-state index < -0.39 is 0 Å². The van der Waals surface area contributed by atoms with Gasteiger partial charge < -0.3 is 14.7 Å². The molecule has 2 rings (SSSR count). The van der Waals surface area contributed by atoms with Crippen molar-refractivity contribution in [2.75, 3.05) is 27.2 Å². The van der Waals surface area contributed by atoms with Crippen molar-refractivity contribution in [2.24, 2.45) is 0 Å². The first-order valence-corrected chi connectivity index (χ1v) is 5.46. The second-order valence-corrected chi connectivity index (χ2v) is 4.25. The summed E-state index contributed by atoms with van der Waals surface area (Å²) in [6.07, 6.45) is 3.15. The van der Waals surface area contributed by atoms with Gasteiger partial charge in [0.2, 0.25) is 5.89 Å². The van der Waals surface area contributed by atoms with Gasteiger partial charge in [-0.15, -0.1) is 0 Å². The molecule has 2 heterocycles. The minimum atomic E-state index is 0.283.